The molecule has 0 bridgehead atoms. The van der Waals surface area contributed by atoms with Crippen LogP contribution in [0.1, 0.15) is 30.2 Å². The van der Waals surface area contributed by atoms with Crippen LogP contribution in [0.25, 0.3) is 0 Å². The Morgan fingerprint density at radius 3 is 3.15 bits per heavy atom. The van der Waals surface area contributed by atoms with Crippen LogP contribution >= 0.6 is 0 Å². The smallest absolute Gasteiger partial charge is 0.327 e. The predicted octanol–water partition coefficient (Wildman–Crippen LogP) is 0.201. The van der Waals surface area contributed by atoms with E-state index in [1.165, 1.54) is 0 Å². The minimum Gasteiger partial charge on any atom is -0.480 e. The summed E-state index contributed by atoms with van der Waals surface area (Å²) in [5.41, 5.74) is 1.55. The summed E-state index contributed by atoms with van der Waals surface area (Å²) in [4.78, 5) is 18.0. The van der Waals surface area contributed by atoms with Gasteiger partial charge in [0.2, 0.25) is 0 Å². The first-order valence-corrected chi connectivity index (χ1v) is 4.26. The van der Waals surface area contributed by atoms with Gasteiger partial charge in [0.15, 0.2) is 6.04 Å². The minimum absolute atomic E-state index is 0.569. The van der Waals surface area contributed by atoms with Crippen LogP contribution in [-0.2, 0) is 17.8 Å². The summed E-state index contributed by atoms with van der Waals surface area (Å²) in [7, 11) is 0. The van der Waals surface area contributed by atoms with Crippen LogP contribution in [0.2, 0.25) is 0 Å². The van der Waals surface area contributed by atoms with Crippen LogP contribution in [0.3, 0.4) is 0 Å². The van der Waals surface area contributed by atoms with Crippen LogP contribution in [0.4, 0.5) is 0 Å². The van der Waals surface area contributed by atoms with E-state index in [0.29, 0.717) is 12.2 Å². The number of hydrogen-bond acceptors (Lipinski definition) is 3. The fraction of sp³-hybridized carbons (Fsp3) is 0.500. The number of carboxylic acids is 1. The molecular formula is C8H11N3O2. The summed E-state index contributed by atoms with van der Waals surface area (Å²) in [6.45, 7) is 2.55. The summed E-state index contributed by atoms with van der Waals surface area (Å²) in [6, 6.07) is -0.633. The maximum Gasteiger partial charge on any atom is 0.327 e. The van der Waals surface area contributed by atoms with E-state index in [4.69, 9.17) is 5.11 Å². The van der Waals surface area contributed by atoms with Crippen molar-refractivity contribution < 1.29 is 9.90 Å². The number of nitrogens with one attached hydrogen (secondary N) is 2. The number of H-pyrrole nitrogens is 1. The maximum absolute atomic E-state index is 10.7. The molecule has 1 unspecified atom stereocenters. The standard InChI is InChI=1S/C8H11N3O2/c1-2-5-10-4-3-9-7(8(12)13)6(4)11-5/h7,9H,2-3H2,1H3,(H,10,11)(H,12,13). The molecule has 1 aromatic rings. The monoisotopic (exact) mass is 181 g/mol. The van der Waals surface area contributed by atoms with E-state index >= 15 is 0 Å². The van der Waals surface area contributed by atoms with Gasteiger partial charge in [0, 0.05) is 13.0 Å². The molecular weight excluding hydrogens is 170 g/mol. The summed E-state index contributed by atoms with van der Waals surface area (Å²) in [5.74, 6) is -0.00865. The molecule has 3 N–H and O–H groups in total. The lowest BCUT2D eigenvalue weighted by molar-refractivity contribution is -0.139. The average Bonchev–Trinajstić information content (AvgIpc) is 2.59. The Morgan fingerprint density at radius 1 is 1.77 bits per heavy atom. The largest absolute Gasteiger partial charge is 0.480 e. The third kappa shape index (κ3) is 1.21. The molecule has 1 aliphatic heterocycles. The second-order valence-corrected chi connectivity index (χ2v) is 3.05. The third-order valence-electron chi connectivity index (χ3n) is 2.20. The molecule has 1 aromatic heterocycles. The lowest BCUT2D eigenvalue weighted by Crippen LogP contribution is -2.22. The van der Waals surface area contributed by atoms with Crippen LogP contribution in [0.5, 0.6) is 0 Å². The highest BCUT2D eigenvalue weighted by Gasteiger charge is 2.31. The molecule has 0 fully saturated rings. The van der Waals surface area contributed by atoms with Crippen molar-refractivity contribution in [2.45, 2.75) is 25.9 Å². The van der Waals surface area contributed by atoms with Gasteiger partial charge in [-0.3, -0.25) is 10.1 Å². The van der Waals surface area contributed by atoms with Gasteiger partial charge in [0.05, 0.1) is 11.4 Å². The SMILES string of the molecule is CCc1nc2c([nH]1)CNC2C(=O)O. The van der Waals surface area contributed by atoms with Crippen molar-refractivity contribution in [1.29, 1.82) is 0 Å². The zero-order valence-electron chi connectivity index (χ0n) is 7.29. The number of imidazole rings is 1. The molecule has 0 aliphatic carbocycles. The van der Waals surface area contributed by atoms with E-state index in [0.717, 1.165) is 17.9 Å². The Bertz CT molecular complexity index is 345. The summed E-state index contributed by atoms with van der Waals surface area (Å²) in [6.07, 6.45) is 0.805. The number of carbonyl (C=O) groups is 1. The lowest BCUT2D eigenvalue weighted by Gasteiger charge is -2.02. The van der Waals surface area contributed by atoms with E-state index in [2.05, 4.69) is 15.3 Å². The lowest BCUT2D eigenvalue weighted by atomic mass is 10.2. The summed E-state index contributed by atoms with van der Waals surface area (Å²) >= 11 is 0. The fourth-order valence-electron chi connectivity index (χ4n) is 1.53. The highest BCUT2D eigenvalue weighted by atomic mass is 16.4. The molecule has 0 aromatic carbocycles. The van der Waals surface area contributed by atoms with E-state index < -0.39 is 12.0 Å². The Morgan fingerprint density at radius 2 is 2.54 bits per heavy atom. The molecule has 70 valence electrons. The number of nitrogens with zero attached hydrogens (tertiary/aromatic N) is 1. The second kappa shape index (κ2) is 2.85. The number of fused-ring (bicyclic) bond motifs is 1. The Balaban J connectivity index is 2.35. The minimum atomic E-state index is -0.868. The number of aliphatic carboxylic acids is 1. The van der Waals surface area contributed by atoms with Gasteiger partial charge >= 0.3 is 5.97 Å². The predicted molar refractivity (Wildman–Crippen MR) is 45.2 cm³/mol. The van der Waals surface area contributed by atoms with Crippen LogP contribution in [0, 0.1) is 0 Å². The fourth-order valence-corrected chi connectivity index (χ4v) is 1.53. The van der Waals surface area contributed by atoms with Gasteiger partial charge in [-0.2, -0.15) is 0 Å². The van der Waals surface area contributed by atoms with Crippen molar-refractivity contribution in [3.63, 3.8) is 0 Å². The molecule has 0 amide bonds. The second-order valence-electron chi connectivity index (χ2n) is 3.05. The molecule has 0 saturated carbocycles. The van der Waals surface area contributed by atoms with Crippen molar-refractivity contribution >= 4 is 5.97 Å². The Hall–Kier alpha value is -1.36. The number of aryl methyl sites for hydroxylation is 1. The van der Waals surface area contributed by atoms with Crippen LogP contribution in [0.15, 0.2) is 0 Å². The molecule has 0 radical (unpaired) electrons. The van der Waals surface area contributed by atoms with Crippen molar-refractivity contribution in [3.8, 4) is 0 Å². The molecule has 1 atom stereocenters. The Labute approximate surface area is 75.2 Å². The first-order valence-electron chi connectivity index (χ1n) is 4.26. The molecule has 2 rings (SSSR count). The van der Waals surface area contributed by atoms with Gasteiger partial charge in [-0.1, -0.05) is 6.92 Å². The summed E-state index contributed by atoms with van der Waals surface area (Å²) in [5, 5.41) is 11.7. The normalized spacial score (nSPS) is 20.2. The average molecular weight is 181 g/mol. The first kappa shape index (κ1) is 8.25. The van der Waals surface area contributed by atoms with E-state index in [9.17, 15) is 4.79 Å². The van der Waals surface area contributed by atoms with Gasteiger partial charge in [-0.05, 0) is 0 Å². The topological polar surface area (TPSA) is 78.0 Å². The molecule has 1 aliphatic rings. The molecule has 5 heteroatoms. The number of carboxylic acid groups (broad SMARTS) is 1. The number of hydrogen-bond donors (Lipinski definition) is 3. The first-order chi connectivity index (χ1) is 6.22. The van der Waals surface area contributed by atoms with Crippen LogP contribution in [-0.4, -0.2) is 21.0 Å². The van der Waals surface area contributed by atoms with Gasteiger partial charge in [0.1, 0.15) is 5.82 Å². The van der Waals surface area contributed by atoms with E-state index in [-0.39, 0.29) is 0 Å². The molecule has 0 spiro atoms. The number of aromatic amines is 1. The zero-order chi connectivity index (χ0) is 9.42. The quantitative estimate of drug-likeness (QED) is 0.609. The number of aromatic nitrogens is 2. The van der Waals surface area contributed by atoms with Gasteiger partial charge in [-0.25, -0.2) is 4.98 Å². The summed E-state index contributed by atoms with van der Waals surface area (Å²) < 4.78 is 0. The van der Waals surface area contributed by atoms with Gasteiger partial charge in [-0.15, -0.1) is 0 Å². The molecule has 5 nitrogen and oxygen atoms in total. The number of rotatable bonds is 2. The molecule has 0 saturated heterocycles. The molecule has 2 heterocycles. The highest BCUT2D eigenvalue weighted by molar-refractivity contribution is 5.76. The zero-order valence-corrected chi connectivity index (χ0v) is 7.29. The van der Waals surface area contributed by atoms with Crippen molar-refractivity contribution in [3.05, 3.63) is 17.2 Å². The Kier molecular flexibility index (Phi) is 1.81. The van der Waals surface area contributed by atoms with E-state index in [1.54, 1.807) is 0 Å². The maximum atomic E-state index is 10.7. The van der Waals surface area contributed by atoms with Crippen molar-refractivity contribution in [2.24, 2.45) is 0 Å². The highest BCUT2D eigenvalue weighted by Crippen LogP contribution is 2.22. The van der Waals surface area contributed by atoms with Crippen molar-refractivity contribution in [1.82, 2.24) is 15.3 Å². The third-order valence-corrected chi connectivity index (χ3v) is 2.20. The van der Waals surface area contributed by atoms with Crippen LogP contribution < -0.4 is 5.32 Å². The van der Waals surface area contributed by atoms with Gasteiger partial charge in [0.25, 0.3) is 0 Å². The van der Waals surface area contributed by atoms with Crippen molar-refractivity contribution in [2.75, 3.05) is 0 Å². The van der Waals surface area contributed by atoms with Gasteiger partial charge < -0.3 is 10.1 Å². The molecule has 13 heavy (non-hydrogen) atoms. The van der Waals surface area contributed by atoms with E-state index in [1.807, 2.05) is 6.92 Å².